The molecule has 0 fully saturated rings. The lowest BCUT2D eigenvalue weighted by Crippen LogP contribution is -2.44. The molecule has 0 N–H and O–H groups in total. The third-order valence-corrected chi connectivity index (χ3v) is 23.3. The van der Waals surface area contributed by atoms with Gasteiger partial charge < -0.3 is 13.3 Å². The second-order valence-electron chi connectivity index (χ2n) is 29.1. The minimum absolute atomic E-state index is 0.0260. The van der Waals surface area contributed by atoms with Gasteiger partial charge in [0.1, 0.15) is 29.4 Å². The number of halogens is 1. The molecule has 0 amide bonds. The number of benzene rings is 7. The van der Waals surface area contributed by atoms with Gasteiger partial charge in [-0.05, 0) is 253 Å². The summed E-state index contributed by atoms with van der Waals surface area (Å²) in [6.07, 6.45) is 19.8. The van der Waals surface area contributed by atoms with E-state index >= 15 is 0 Å². The number of allylic oxidation sites excluding steroid dienone is 7. The highest BCUT2D eigenvalue weighted by Crippen LogP contribution is 2.39. The summed E-state index contributed by atoms with van der Waals surface area (Å²) in [4.78, 5) is 30.6. The highest BCUT2D eigenvalue weighted by atomic mass is 35.5. The third-order valence-electron chi connectivity index (χ3n) is 14.8. The SMILES string of the molecule is CC(C)=Cc1ccccc1O[Si](C)(C)C(C)(C)C.CC(C)=Cc1ccccc1SC(C)(C)C.CC(C)=Cc1ccccc1Sc1ccc(Cl)cc1.CC(C)=Cc1cccs1.CC(C)=Cc1coc2ccc(C)cc2c1=O.CC(C)=Cc1coc2ccccc2c1=O.CSc1ccc(C=C(C)C)cc1. The number of thiophene rings is 1. The van der Waals surface area contributed by atoms with E-state index in [2.05, 4.69) is 269 Å². The minimum atomic E-state index is -1.76. The predicted octanol–water partition coefficient (Wildman–Crippen LogP) is 30.2. The Kier molecular flexibility index (Phi) is 37.0. The van der Waals surface area contributed by atoms with E-state index in [4.69, 9.17) is 24.9 Å². The molecule has 10 rings (SSSR count). The van der Waals surface area contributed by atoms with E-state index in [-0.39, 0.29) is 20.6 Å². The van der Waals surface area contributed by atoms with Gasteiger partial charge in [-0.3, -0.25) is 9.59 Å². The van der Waals surface area contributed by atoms with Crippen LogP contribution >= 0.6 is 58.2 Å². The van der Waals surface area contributed by atoms with Gasteiger partial charge >= 0.3 is 0 Å². The first-order valence-corrected chi connectivity index (χ1v) is 41.8. The molecule has 0 bridgehead atoms. The summed E-state index contributed by atoms with van der Waals surface area (Å²) in [6.45, 7) is 49.1. The fraction of sp³-hybridized carbons (Fsp3) is 0.283. The van der Waals surface area contributed by atoms with Crippen molar-refractivity contribution in [3.8, 4) is 5.75 Å². The van der Waals surface area contributed by atoms with Crippen molar-refractivity contribution < 1.29 is 13.3 Å². The van der Waals surface area contributed by atoms with E-state index in [1.807, 2.05) is 119 Å². The normalized spacial score (nSPS) is 10.6. The first kappa shape index (κ1) is 87.6. The molecule has 0 radical (unpaired) electrons. The Morgan fingerprint density at radius 2 is 0.893 bits per heavy atom. The average Bonchev–Trinajstić information content (AvgIpc) is 0.966. The Labute approximate surface area is 641 Å². The molecule has 3 aromatic heterocycles. The van der Waals surface area contributed by atoms with Crippen LogP contribution in [-0.4, -0.2) is 19.3 Å². The van der Waals surface area contributed by atoms with Crippen molar-refractivity contribution in [1.29, 1.82) is 0 Å². The van der Waals surface area contributed by atoms with Crippen LogP contribution in [0.1, 0.15) is 182 Å². The monoisotopic (exact) mass is 1490 g/mol. The largest absolute Gasteiger partial charge is 0.543 e. The van der Waals surface area contributed by atoms with E-state index in [1.54, 1.807) is 47.0 Å². The summed E-state index contributed by atoms with van der Waals surface area (Å²) in [5.41, 5.74) is 17.5. The molecule has 0 aliphatic carbocycles. The zero-order valence-electron chi connectivity index (χ0n) is 65.6. The van der Waals surface area contributed by atoms with Crippen molar-refractivity contribution in [2.24, 2.45) is 0 Å². The lowest BCUT2D eigenvalue weighted by atomic mass is 10.1. The molecule has 0 saturated carbocycles. The van der Waals surface area contributed by atoms with Crippen LogP contribution in [0.4, 0.5) is 0 Å². The maximum absolute atomic E-state index is 12.1. The zero-order chi connectivity index (χ0) is 76.6. The maximum atomic E-state index is 12.1. The number of hydrogen-bond acceptors (Lipinski definition) is 9. The van der Waals surface area contributed by atoms with Crippen molar-refractivity contribution in [3.05, 3.63) is 302 Å². The van der Waals surface area contributed by atoms with Crippen molar-refractivity contribution in [3.63, 3.8) is 0 Å². The number of rotatable bonds is 13. The summed E-state index contributed by atoms with van der Waals surface area (Å²) in [5.74, 6) is 1.02. The molecule has 11 heteroatoms. The molecule has 0 spiro atoms. The second kappa shape index (κ2) is 43.5. The molecule has 10 aromatic rings. The van der Waals surface area contributed by atoms with E-state index in [1.165, 1.54) is 87.1 Å². The maximum Gasteiger partial charge on any atom is 0.250 e. The molecule has 3 heterocycles. The van der Waals surface area contributed by atoms with Gasteiger partial charge in [0.25, 0.3) is 8.32 Å². The van der Waals surface area contributed by atoms with Gasteiger partial charge in [0.15, 0.2) is 10.9 Å². The van der Waals surface area contributed by atoms with Crippen LogP contribution in [0.3, 0.4) is 0 Å². The highest BCUT2D eigenvalue weighted by molar-refractivity contribution is 8.00. The summed E-state index contributed by atoms with van der Waals surface area (Å²) in [6, 6.07) is 59.0. The topological polar surface area (TPSA) is 69.7 Å². The van der Waals surface area contributed by atoms with Crippen molar-refractivity contribution in [2.45, 2.75) is 188 Å². The average molecular weight is 1490 g/mol. The molecule has 0 aliphatic rings. The Morgan fingerprint density at radius 3 is 1.39 bits per heavy atom. The standard InChI is InChI=1S/C16H15ClS.C16H26OSi.C14H14O2.C14H20S.C13H12O2.C11H14S.C8H10S/c1-12(2)11-13-5-3-4-6-16(13)18-15-9-7-14(17)8-10-15;1-13(2)12-14-10-8-9-11-15(14)17-18(6,7)16(3,4)5;1-9(2)6-11-8-16-13-5-4-10(3)7-12(13)14(11)15;1-11(2)10-12-8-6-7-9-13(12)15-14(3,4)5;1-9(2)7-10-8-15-12-6-4-3-5-11(12)13(10)14;1-9(2)8-10-4-6-11(12-3)7-5-10;1-7(2)6-8-4-3-5-9-8/h3-11H,1-2H3;8-12H,1-7H3;4-8H,1-3H3;6-10H,1-5H3;3-8H,1-2H3;4-8H,1-3H3;3-6H,1-2H3. The van der Waals surface area contributed by atoms with E-state index in [0.29, 0.717) is 33.1 Å². The van der Waals surface area contributed by atoms with E-state index in [9.17, 15) is 9.59 Å². The third kappa shape index (κ3) is 33.2. The Balaban J connectivity index is 0.000000257. The molecule has 0 unspecified atom stereocenters. The van der Waals surface area contributed by atoms with Crippen LogP contribution in [0.25, 0.3) is 64.5 Å². The first-order chi connectivity index (χ1) is 48.4. The summed E-state index contributed by atoms with van der Waals surface area (Å²) in [5, 5.41) is 4.37. The van der Waals surface area contributed by atoms with Crippen LogP contribution in [-0.2, 0) is 0 Å². The Morgan fingerprint density at radius 1 is 0.456 bits per heavy atom. The molecule has 103 heavy (non-hydrogen) atoms. The lowest BCUT2D eigenvalue weighted by Gasteiger charge is -2.36. The molecule has 0 atom stereocenters. The molecular formula is C92H111ClO5S4Si. The zero-order valence-corrected chi connectivity index (χ0v) is 70.6. The molecule has 7 aromatic carbocycles. The fourth-order valence-corrected chi connectivity index (χ4v) is 13.6. The summed E-state index contributed by atoms with van der Waals surface area (Å²) >= 11 is 13.1. The van der Waals surface area contributed by atoms with Crippen LogP contribution in [0.15, 0.2) is 271 Å². The number of fused-ring (bicyclic) bond motifs is 2. The lowest BCUT2D eigenvalue weighted by molar-refractivity contribution is 0.491. The predicted molar refractivity (Wildman–Crippen MR) is 466 cm³/mol. The van der Waals surface area contributed by atoms with Gasteiger partial charge in [-0.2, -0.15) is 0 Å². The van der Waals surface area contributed by atoms with Crippen molar-refractivity contribution in [2.75, 3.05) is 6.26 Å². The fourth-order valence-electron chi connectivity index (χ4n) is 9.26. The van der Waals surface area contributed by atoms with Gasteiger partial charge in [-0.1, -0.05) is 225 Å². The van der Waals surface area contributed by atoms with Crippen LogP contribution in [0, 0.1) is 6.92 Å². The number of aryl methyl sites for hydroxylation is 1. The smallest absolute Gasteiger partial charge is 0.250 e. The molecule has 5 nitrogen and oxygen atoms in total. The number of hydrogen-bond donors (Lipinski definition) is 0. The van der Waals surface area contributed by atoms with Crippen LogP contribution < -0.4 is 15.3 Å². The summed E-state index contributed by atoms with van der Waals surface area (Å²) < 4.78 is 17.5. The molecular weight excluding hydrogens is 1380 g/mol. The minimum Gasteiger partial charge on any atom is -0.543 e. The van der Waals surface area contributed by atoms with Gasteiger partial charge in [-0.25, -0.2) is 0 Å². The molecule has 0 aliphatic heterocycles. The number of para-hydroxylation sites is 2. The van der Waals surface area contributed by atoms with Crippen LogP contribution in [0.2, 0.25) is 23.2 Å². The van der Waals surface area contributed by atoms with Gasteiger partial charge in [-0.15, -0.1) is 34.9 Å². The second-order valence-corrected chi connectivity index (χ2v) is 39.1. The van der Waals surface area contributed by atoms with Crippen molar-refractivity contribution in [1.82, 2.24) is 0 Å². The first-order valence-electron chi connectivity index (χ1n) is 34.8. The van der Waals surface area contributed by atoms with Gasteiger partial charge in [0.05, 0.1) is 21.9 Å². The highest BCUT2D eigenvalue weighted by Gasteiger charge is 2.39. The number of thioether (sulfide) groups is 2. The molecule has 0 saturated heterocycles. The van der Waals surface area contributed by atoms with Gasteiger partial charge in [0, 0.05) is 39.8 Å². The summed E-state index contributed by atoms with van der Waals surface area (Å²) in [7, 11) is -1.76. The van der Waals surface area contributed by atoms with Crippen LogP contribution in [0.5, 0.6) is 5.75 Å². The Bertz CT molecular complexity index is 4630. The molecule has 544 valence electrons. The van der Waals surface area contributed by atoms with E-state index in [0.717, 1.165) is 27.5 Å². The Hall–Kier alpha value is -7.80. The van der Waals surface area contributed by atoms with E-state index < -0.39 is 8.32 Å². The van der Waals surface area contributed by atoms with Gasteiger partial charge in [0.2, 0.25) is 0 Å². The van der Waals surface area contributed by atoms with Crippen molar-refractivity contribution >= 4 is 131 Å². The quantitative estimate of drug-likeness (QED) is 0.0835.